The molecule has 24 heavy (non-hydrogen) atoms. The number of phenols is 1. The van der Waals surface area contributed by atoms with Crippen molar-refractivity contribution < 1.29 is 9.90 Å². The molecule has 4 heteroatoms. The Morgan fingerprint density at radius 2 is 2.17 bits per heavy atom. The molecule has 1 saturated carbocycles. The van der Waals surface area contributed by atoms with E-state index in [9.17, 15) is 9.90 Å². The summed E-state index contributed by atoms with van der Waals surface area (Å²) in [6.07, 6.45) is 4.27. The van der Waals surface area contributed by atoms with Crippen LogP contribution in [0.3, 0.4) is 0 Å². The predicted molar refractivity (Wildman–Crippen MR) is 91.2 cm³/mol. The predicted octanol–water partition coefficient (Wildman–Crippen LogP) is 2.07. The number of aromatic hydroxyl groups is 1. The van der Waals surface area contributed by atoms with E-state index in [4.69, 9.17) is 0 Å². The first kappa shape index (κ1) is 13.5. The minimum atomic E-state index is -0.392. The van der Waals surface area contributed by atoms with Crippen LogP contribution in [0.4, 0.5) is 5.69 Å². The monoisotopic (exact) mass is 322 g/mol. The largest absolute Gasteiger partial charge is 0.506 e. The van der Waals surface area contributed by atoms with Gasteiger partial charge in [0.1, 0.15) is 5.75 Å². The molecule has 6 aliphatic rings. The SMILES string of the molecule is C/C=C1/CN2[C@H]3C[C@@]45C(=O)[C@@H]3[C@H]1C[C@H]2[C@H]4N(C)c1c(O)cccc15. The number of carbonyl (C=O) groups excluding carboxylic acids is 1. The number of benzene rings is 1. The highest BCUT2D eigenvalue weighted by Crippen LogP contribution is 2.67. The van der Waals surface area contributed by atoms with Crippen LogP contribution < -0.4 is 4.90 Å². The van der Waals surface area contributed by atoms with Crippen molar-refractivity contribution in [3.8, 4) is 5.75 Å². The zero-order valence-electron chi connectivity index (χ0n) is 14.1. The second-order valence-corrected chi connectivity index (χ2v) is 8.31. The Bertz CT molecular complexity index is 831. The summed E-state index contributed by atoms with van der Waals surface area (Å²) >= 11 is 0. The normalized spacial score (nSPS) is 48.3. The molecule has 4 saturated heterocycles. The van der Waals surface area contributed by atoms with Gasteiger partial charge < -0.3 is 10.0 Å². The number of nitrogens with zero attached hydrogens (tertiary/aromatic N) is 2. The number of carbonyl (C=O) groups is 1. The zero-order valence-corrected chi connectivity index (χ0v) is 14.1. The molecule has 4 nitrogen and oxygen atoms in total. The zero-order chi connectivity index (χ0) is 16.4. The van der Waals surface area contributed by atoms with Crippen molar-refractivity contribution in [3.63, 3.8) is 0 Å². The summed E-state index contributed by atoms with van der Waals surface area (Å²) in [7, 11) is 2.07. The molecule has 5 heterocycles. The Hall–Kier alpha value is -1.81. The number of piperidine rings is 4. The van der Waals surface area contributed by atoms with Gasteiger partial charge in [0, 0.05) is 31.6 Å². The van der Waals surface area contributed by atoms with Crippen LogP contribution >= 0.6 is 0 Å². The van der Waals surface area contributed by atoms with E-state index >= 15 is 0 Å². The third-order valence-electron chi connectivity index (χ3n) is 7.82. The van der Waals surface area contributed by atoms with Gasteiger partial charge in [-0.2, -0.15) is 0 Å². The highest BCUT2D eigenvalue weighted by atomic mass is 16.3. The molecule has 1 unspecified atom stereocenters. The fourth-order valence-electron chi connectivity index (χ4n) is 7.14. The van der Waals surface area contributed by atoms with Crippen molar-refractivity contribution in [2.24, 2.45) is 11.8 Å². The highest BCUT2D eigenvalue weighted by molar-refractivity contribution is 6.02. The molecule has 0 amide bonds. The molecule has 1 N–H and O–H groups in total. The van der Waals surface area contributed by atoms with E-state index in [0.717, 1.165) is 30.6 Å². The van der Waals surface area contributed by atoms with Gasteiger partial charge in [-0.25, -0.2) is 0 Å². The summed E-state index contributed by atoms with van der Waals surface area (Å²) in [4.78, 5) is 18.6. The van der Waals surface area contributed by atoms with Crippen LogP contribution in [0.15, 0.2) is 29.8 Å². The first-order valence-electron chi connectivity index (χ1n) is 9.10. The van der Waals surface area contributed by atoms with Crippen molar-refractivity contribution in [3.05, 3.63) is 35.4 Å². The van der Waals surface area contributed by atoms with Crippen molar-refractivity contribution in [2.45, 2.75) is 43.3 Å². The second-order valence-electron chi connectivity index (χ2n) is 8.31. The van der Waals surface area contributed by atoms with E-state index in [0.29, 0.717) is 29.5 Å². The van der Waals surface area contributed by atoms with Crippen molar-refractivity contribution in [1.29, 1.82) is 0 Å². The minimum Gasteiger partial charge on any atom is -0.506 e. The van der Waals surface area contributed by atoms with Gasteiger partial charge in [-0.1, -0.05) is 23.8 Å². The minimum absolute atomic E-state index is 0.160. The highest BCUT2D eigenvalue weighted by Gasteiger charge is 2.74. The molecular formula is C20H22N2O2. The van der Waals surface area contributed by atoms with Crippen molar-refractivity contribution in [1.82, 2.24) is 4.90 Å². The Labute approximate surface area is 141 Å². The number of likely N-dealkylation sites (N-methyl/N-ethyl adjacent to an activating group) is 1. The smallest absolute Gasteiger partial charge is 0.150 e. The summed E-state index contributed by atoms with van der Waals surface area (Å²) in [5.41, 5.74) is 3.06. The quantitative estimate of drug-likeness (QED) is 0.743. The van der Waals surface area contributed by atoms with E-state index < -0.39 is 5.41 Å². The van der Waals surface area contributed by atoms with Gasteiger partial charge >= 0.3 is 0 Å². The number of hydrogen-bond donors (Lipinski definition) is 1. The number of ketones is 1. The van der Waals surface area contributed by atoms with E-state index in [2.05, 4.69) is 35.9 Å². The van der Waals surface area contributed by atoms with Gasteiger partial charge in [0.2, 0.25) is 0 Å². The lowest BCUT2D eigenvalue weighted by Gasteiger charge is -2.58. The molecule has 5 bridgehead atoms. The molecule has 1 aliphatic carbocycles. The van der Waals surface area contributed by atoms with Crippen molar-refractivity contribution in [2.75, 3.05) is 18.5 Å². The molecule has 5 aliphatic heterocycles. The molecule has 7 atom stereocenters. The molecule has 5 fully saturated rings. The van der Waals surface area contributed by atoms with E-state index in [1.165, 1.54) is 5.57 Å². The van der Waals surface area contributed by atoms with Crippen LogP contribution in [-0.2, 0) is 10.2 Å². The number of Topliss-reactive ketones (excluding diaryl/α,β-unsaturated/α-hetero) is 1. The maximum atomic E-state index is 13.8. The van der Waals surface area contributed by atoms with E-state index in [-0.39, 0.29) is 12.0 Å². The van der Waals surface area contributed by atoms with Crippen LogP contribution in [0, 0.1) is 11.8 Å². The topological polar surface area (TPSA) is 43.8 Å². The Balaban J connectivity index is 1.64. The van der Waals surface area contributed by atoms with Crippen LogP contribution in [0.25, 0.3) is 0 Å². The lowest BCUT2D eigenvalue weighted by atomic mass is 9.65. The first-order valence-corrected chi connectivity index (χ1v) is 9.10. The molecule has 0 aromatic heterocycles. The van der Waals surface area contributed by atoms with E-state index in [1.807, 2.05) is 6.07 Å². The van der Waals surface area contributed by atoms with Gasteiger partial charge in [0.05, 0.1) is 17.1 Å². The molecule has 7 rings (SSSR count). The van der Waals surface area contributed by atoms with E-state index in [1.54, 1.807) is 6.07 Å². The summed E-state index contributed by atoms with van der Waals surface area (Å²) in [5, 5.41) is 10.5. The molecule has 1 aromatic carbocycles. The first-order chi connectivity index (χ1) is 11.6. The molecule has 124 valence electrons. The number of fused-ring (bicyclic) bond motifs is 2. The van der Waals surface area contributed by atoms with Crippen LogP contribution in [-0.4, -0.2) is 47.5 Å². The summed E-state index contributed by atoms with van der Waals surface area (Å²) < 4.78 is 0. The second kappa shape index (κ2) is 3.88. The summed E-state index contributed by atoms with van der Waals surface area (Å²) in [6.45, 7) is 3.15. The third-order valence-corrected chi connectivity index (χ3v) is 7.82. The van der Waals surface area contributed by atoms with Gasteiger partial charge in [0.15, 0.2) is 5.78 Å². The van der Waals surface area contributed by atoms with Crippen LogP contribution in [0.1, 0.15) is 25.3 Å². The maximum Gasteiger partial charge on any atom is 0.150 e. The summed E-state index contributed by atoms with van der Waals surface area (Å²) in [5.74, 6) is 1.37. The number of phenolic OH excluding ortho intramolecular Hbond substituents is 1. The van der Waals surface area contributed by atoms with Gasteiger partial charge in [-0.3, -0.25) is 9.69 Å². The lowest BCUT2D eigenvalue weighted by Crippen LogP contribution is -2.68. The van der Waals surface area contributed by atoms with Gasteiger partial charge in [0.25, 0.3) is 0 Å². The fourth-order valence-corrected chi connectivity index (χ4v) is 7.14. The van der Waals surface area contributed by atoms with Gasteiger partial charge in [-0.05, 0) is 37.3 Å². The Kier molecular flexibility index (Phi) is 2.18. The molecular weight excluding hydrogens is 300 g/mol. The third kappa shape index (κ3) is 1.13. The van der Waals surface area contributed by atoms with Gasteiger partial charge in [-0.15, -0.1) is 0 Å². The van der Waals surface area contributed by atoms with Crippen LogP contribution in [0.5, 0.6) is 5.75 Å². The summed E-state index contributed by atoms with van der Waals surface area (Å²) in [6, 6.07) is 6.76. The van der Waals surface area contributed by atoms with Crippen molar-refractivity contribution >= 4 is 11.5 Å². The standard InChI is InChI=1S/C20H22N2O2/c1-3-10-9-22-13-7-11(10)16-14(22)8-20(19(16)24)12-5-4-6-15(23)17(12)21(2)18(13)20/h3-6,11,13-14,16,18,23H,7-9H2,1-2H3/b10-3-/t11-,13-,14-,16+,18+,20-/m0/s1. The Morgan fingerprint density at radius 1 is 1.33 bits per heavy atom. The number of anilines is 1. The number of rotatable bonds is 0. The molecule has 1 aromatic rings. The van der Waals surface area contributed by atoms with Crippen LogP contribution in [0.2, 0.25) is 0 Å². The molecule has 0 radical (unpaired) electrons. The average molecular weight is 322 g/mol. The maximum absolute atomic E-state index is 13.8. The number of para-hydroxylation sites is 1. The number of hydrogen-bond acceptors (Lipinski definition) is 4. The molecule has 1 spiro atoms. The Morgan fingerprint density at radius 3 is 2.96 bits per heavy atom. The number of allylic oxidation sites excluding steroid dienone is 1. The lowest BCUT2D eigenvalue weighted by molar-refractivity contribution is -0.126. The fraction of sp³-hybridized carbons (Fsp3) is 0.550. The average Bonchev–Trinajstić information content (AvgIpc) is 2.98.